The molecule has 3 heterocycles. The molecule has 0 spiro atoms. The largest absolute Gasteiger partial charge is 0.485 e. The van der Waals surface area contributed by atoms with E-state index >= 15 is 0 Å². The van der Waals surface area contributed by atoms with E-state index in [4.69, 9.17) is 9.47 Å². The summed E-state index contributed by atoms with van der Waals surface area (Å²) in [5.74, 6) is 2.48. The van der Waals surface area contributed by atoms with E-state index in [1.807, 2.05) is 54.9 Å². The van der Waals surface area contributed by atoms with Crippen LogP contribution in [0.3, 0.4) is 0 Å². The topological polar surface area (TPSA) is 71.2 Å². The molecule has 4 aromatic rings. The third-order valence-corrected chi connectivity index (χ3v) is 7.36. The molecule has 0 saturated carbocycles. The lowest BCUT2D eigenvalue weighted by atomic mass is 10.1. The van der Waals surface area contributed by atoms with Gasteiger partial charge in [0.05, 0.1) is 5.75 Å². The summed E-state index contributed by atoms with van der Waals surface area (Å²) in [5, 5.41) is 9.30. The van der Waals surface area contributed by atoms with Crippen LogP contribution in [0.4, 0.5) is 0 Å². The zero-order chi connectivity index (χ0) is 24.4. The lowest BCUT2D eigenvalue weighted by molar-refractivity contribution is 0.0825. The Kier molecular flexibility index (Phi) is 6.63. The fourth-order valence-corrected chi connectivity index (χ4v) is 5.20. The Morgan fingerprint density at radius 1 is 1.06 bits per heavy atom. The number of carbonyl (C=O) groups is 1. The minimum atomic E-state index is -0.351. The molecule has 8 heteroatoms. The summed E-state index contributed by atoms with van der Waals surface area (Å²) in [7, 11) is 1.89. The van der Waals surface area contributed by atoms with Gasteiger partial charge in [0.1, 0.15) is 6.61 Å². The van der Waals surface area contributed by atoms with E-state index in [-0.39, 0.29) is 11.9 Å². The van der Waals surface area contributed by atoms with Gasteiger partial charge in [-0.1, -0.05) is 54.2 Å². The van der Waals surface area contributed by atoms with E-state index in [1.165, 1.54) is 17.3 Å². The van der Waals surface area contributed by atoms with Crippen molar-refractivity contribution in [2.45, 2.75) is 38.1 Å². The third-order valence-electron chi connectivity index (χ3n) is 6.34. The molecule has 1 aliphatic rings. The summed E-state index contributed by atoms with van der Waals surface area (Å²) in [5.41, 5.74) is 4.17. The minimum absolute atomic E-state index is 0.0878. The highest BCUT2D eigenvalue weighted by atomic mass is 32.2. The predicted molar refractivity (Wildman–Crippen MR) is 135 cm³/mol. The first-order chi connectivity index (χ1) is 17.0. The second-order valence-corrected chi connectivity index (χ2v) is 9.59. The van der Waals surface area contributed by atoms with Crippen LogP contribution in [0.5, 0.6) is 11.5 Å². The van der Waals surface area contributed by atoms with Gasteiger partial charge in [0.15, 0.2) is 34.4 Å². The van der Waals surface area contributed by atoms with Gasteiger partial charge in [-0.2, -0.15) is 0 Å². The summed E-state index contributed by atoms with van der Waals surface area (Å²) in [4.78, 5) is 13.1. The fraction of sp³-hybridized carbons (Fsp3) is 0.296. The average molecular weight is 489 g/mol. The van der Waals surface area contributed by atoms with Crippen molar-refractivity contribution in [2.24, 2.45) is 7.05 Å². The Hall–Kier alpha value is -3.52. The van der Waals surface area contributed by atoms with Crippen molar-refractivity contribution in [3.63, 3.8) is 0 Å². The molecule has 0 bridgehead atoms. The van der Waals surface area contributed by atoms with Gasteiger partial charge in [0.25, 0.3) is 0 Å². The number of aromatic nitrogens is 4. The molecule has 0 aliphatic carbocycles. The van der Waals surface area contributed by atoms with E-state index in [0.717, 1.165) is 35.7 Å². The fourth-order valence-electron chi connectivity index (χ4n) is 4.40. The van der Waals surface area contributed by atoms with Crippen LogP contribution < -0.4 is 9.47 Å². The molecule has 0 N–H and O–H groups in total. The van der Waals surface area contributed by atoms with Crippen LogP contribution in [-0.4, -0.2) is 37.5 Å². The summed E-state index contributed by atoms with van der Waals surface area (Å²) < 4.78 is 16.0. The highest BCUT2D eigenvalue weighted by Crippen LogP contribution is 2.35. The van der Waals surface area contributed by atoms with E-state index in [9.17, 15) is 4.79 Å². The number of aryl methyl sites for hydroxylation is 2. The van der Waals surface area contributed by atoms with Crippen molar-refractivity contribution in [3.05, 3.63) is 89.0 Å². The van der Waals surface area contributed by atoms with E-state index in [0.29, 0.717) is 29.1 Å². The van der Waals surface area contributed by atoms with Crippen molar-refractivity contribution >= 4 is 17.5 Å². The summed E-state index contributed by atoms with van der Waals surface area (Å²) in [6.07, 6.45) is 0.578. The molecule has 0 amide bonds. The molecule has 5 rings (SSSR count). The van der Waals surface area contributed by atoms with Crippen LogP contribution >= 0.6 is 11.8 Å². The molecule has 0 saturated heterocycles. The van der Waals surface area contributed by atoms with Gasteiger partial charge < -0.3 is 18.6 Å². The second kappa shape index (κ2) is 10.00. The monoisotopic (exact) mass is 488 g/mol. The Morgan fingerprint density at radius 2 is 1.80 bits per heavy atom. The number of ether oxygens (including phenoxy) is 2. The van der Waals surface area contributed by atoms with Crippen LogP contribution in [-0.2, 0) is 20.0 Å². The van der Waals surface area contributed by atoms with Crippen LogP contribution in [0.15, 0.2) is 65.8 Å². The molecule has 0 fully saturated rings. The molecule has 1 aliphatic heterocycles. The Bertz CT molecular complexity index is 1350. The number of rotatable bonds is 8. The SMILES string of the molecule is Cc1cc(C(=O)CSc2nnc([C@H]3COc4ccccc4O3)n2C)c(C)n1CCc1ccccc1. The quantitative estimate of drug-likeness (QED) is 0.258. The number of para-hydroxylation sites is 2. The number of benzene rings is 2. The van der Waals surface area contributed by atoms with Gasteiger partial charge in [-0.15, -0.1) is 10.2 Å². The van der Waals surface area contributed by atoms with Gasteiger partial charge >= 0.3 is 0 Å². The van der Waals surface area contributed by atoms with Crippen molar-refractivity contribution in [2.75, 3.05) is 12.4 Å². The van der Waals surface area contributed by atoms with Gasteiger partial charge in [-0.05, 0) is 44.0 Å². The average Bonchev–Trinajstić information content (AvgIpc) is 3.39. The molecule has 0 unspecified atom stereocenters. The summed E-state index contributed by atoms with van der Waals surface area (Å²) >= 11 is 1.39. The number of carbonyl (C=O) groups excluding carboxylic acids is 1. The number of thioether (sulfide) groups is 1. The maximum absolute atomic E-state index is 13.1. The molecule has 1 atom stereocenters. The zero-order valence-corrected chi connectivity index (χ0v) is 20.9. The molecule has 2 aromatic heterocycles. The number of hydrogen-bond donors (Lipinski definition) is 0. The number of fused-ring (bicyclic) bond motifs is 1. The second-order valence-electron chi connectivity index (χ2n) is 8.65. The highest BCUT2D eigenvalue weighted by molar-refractivity contribution is 7.99. The molecule has 0 radical (unpaired) electrons. The molecular formula is C27H28N4O3S. The first-order valence-electron chi connectivity index (χ1n) is 11.7. The van der Waals surface area contributed by atoms with E-state index < -0.39 is 0 Å². The van der Waals surface area contributed by atoms with Crippen LogP contribution in [0.2, 0.25) is 0 Å². The van der Waals surface area contributed by atoms with Crippen LogP contribution in [0, 0.1) is 13.8 Å². The Balaban J connectivity index is 1.23. The van der Waals surface area contributed by atoms with Crippen molar-refractivity contribution in [1.82, 2.24) is 19.3 Å². The highest BCUT2D eigenvalue weighted by Gasteiger charge is 2.27. The van der Waals surface area contributed by atoms with Crippen molar-refractivity contribution in [1.29, 1.82) is 0 Å². The number of hydrogen-bond acceptors (Lipinski definition) is 6. The minimum Gasteiger partial charge on any atom is -0.485 e. The summed E-state index contributed by atoms with van der Waals surface area (Å²) in [6, 6.07) is 20.0. The van der Waals surface area contributed by atoms with Crippen molar-refractivity contribution < 1.29 is 14.3 Å². The number of ketones is 1. The molecule has 2 aromatic carbocycles. The van der Waals surface area contributed by atoms with Gasteiger partial charge in [-0.25, -0.2) is 0 Å². The number of nitrogens with zero attached hydrogens (tertiary/aromatic N) is 4. The van der Waals surface area contributed by atoms with Crippen LogP contribution in [0.1, 0.15) is 39.2 Å². The van der Waals surface area contributed by atoms with Crippen LogP contribution in [0.25, 0.3) is 0 Å². The third kappa shape index (κ3) is 4.84. The molecular weight excluding hydrogens is 460 g/mol. The molecule has 180 valence electrons. The zero-order valence-electron chi connectivity index (χ0n) is 20.1. The lowest BCUT2D eigenvalue weighted by Crippen LogP contribution is -2.24. The Morgan fingerprint density at radius 3 is 2.60 bits per heavy atom. The lowest BCUT2D eigenvalue weighted by Gasteiger charge is -2.25. The van der Waals surface area contributed by atoms with E-state index in [1.54, 1.807) is 0 Å². The van der Waals surface area contributed by atoms with Crippen molar-refractivity contribution in [3.8, 4) is 11.5 Å². The Labute approximate surface area is 209 Å². The molecule has 7 nitrogen and oxygen atoms in total. The maximum Gasteiger partial charge on any atom is 0.192 e. The maximum atomic E-state index is 13.1. The van der Waals surface area contributed by atoms with E-state index in [2.05, 4.69) is 46.0 Å². The van der Waals surface area contributed by atoms with Gasteiger partial charge in [0.2, 0.25) is 0 Å². The summed E-state index contributed by atoms with van der Waals surface area (Å²) in [6.45, 7) is 5.29. The van der Waals surface area contributed by atoms with Gasteiger partial charge in [-0.3, -0.25) is 4.79 Å². The molecule has 35 heavy (non-hydrogen) atoms. The van der Waals surface area contributed by atoms with Gasteiger partial charge in [0, 0.05) is 30.5 Å². The predicted octanol–water partition coefficient (Wildman–Crippen LogP) is 4.96. The smallest absolute Gasteiger partial charge is 0.192 e. The number of Topliss-reactive ketones (excluding diaryl/α,β-unsaturated/α-hetero) is 1. The standard InChI is InChI=1S/C27H28N4O3S/c1-18-15-21(19(2)31(18)14-13-20-9-5-4-6-10-20)22(32)17-35-27-29-28-26(30(27)3)25-16-33-23-11-7-8-12-24(23)34-25/h4-12,15,25H,13-14,16-17H2,1-3H3/t25-/m1/s1. The first-order valence-corrected chi connectivity index (χ1v) is 12.6. The first kappa shape index (κ1) is 23.2. The normalized spacial score (nSPS) is 14.8.